The number of anilines is 1. The van der Waals surface area contributed by atoms with Crippen LogP contribution in [0.15, 0.2) is 41.6 Å². The Balaban J connectivity index is 1.47. The molecule has 1 saturated carbocycles. The molecule has 2 N–H and O–H groups in total. The Hall–Kier alpha value is -2.68. The molecule has 0 radical (unpaired) electrons. The number of hydrogen-bond donors (Lipinski definition) is 2. The van der Waals surface area contributed by atoms with Crippen molar-refractivity contribution in [1.29, 1.82) is 0 Å². The van der Waals surface area contributed by atoms with Gasteiger partial charge in [-0.25, -0.2) is 8.42 Å². The van der Waals surface area contributed by atoms with Gasteiger partial charge in [0, 0.05) is 18.7 Å². The van der Waals surface area contributed by atoms with E-state index in [1.807, 2.05) is 6.92 Å². The lowest BCUT2D eigenvalue weighted by molar-refractivity contribution is -0.122. The fraction of sp³-hybridized carbons (Fsp3) is 0.450. The molecule has 3 rings (SSSR count). The van der Waals surface area contributed by atoms with Crippen LogP contribution in [0.3, 0.4) is 0 Å². The van der Waals surface area contributed by atoms with Gasteiger partial charge in [0.05, 0.1) is 22.5 Å². The number of amides is 2. The number of benzene rings is 1. The van der Waals surface area contributed by atoms with Gasteiger partial charge in [0.25, 0.3) is 0 Å². The zero-order valence-electron chi connectivity index (χ0n) is 16.4. The Kier molecular flexibility index (Phi) is 6.68. The van der Waals surface area contributed by atoms with Gasteiger partial charge in [-0.3, -0.25) is 14.3 Å². The van der Waals surface area contributed by atoms with Crippen molar-refractivity contribution in [2.24, 2.45) is 0 Å². The molecule has 0 saturated heterocycles. The molecular weight excluding hydrogens is 392 g/mol. The van der Waals surface area contributed by atoms with Crippen molar-refractivity contribution in [3.8, 4) is 0 Å². The molecule has 0 unspecified atom stereocenters. The van der Waals surface area contributed by atoms with Gasteiger partial charge in [0.1, 0.15) is 6.54 Å². The Bertz CT molecular complexity index is 961. The molecule has 1 fully saturated rings. The first-order valence-electron chi connectivity index (χ1n) is 9.73. The molecule has 0 bridgehead atoms. The fourth-order valence-corrected chi connectivity index (χ4v) is 4.56. The molecule has 0 aliphatic heterocycles. The van der Waals surface area contributed by atoms with E-state index in [9.17, 15) is 18.0 Å². The first kappa shape index (κ1) is 21.0. The van der Waals surface area contributed by atoms with E-state index in [0.29, 0.717) is 5.69 Å². The highest BCUT2D eigenvalue weighted by Crippen LogP contribution is 2.17. The Morgan fingerprint density at radius 2 is 1.83 bits per heavy atom. The van der Waals surface area contributed by atoms with E-state index in [0.717, 1.165) is 31.2 Å². The lowest BCUT2D eigenvalue weighted by Gasteiger charge is -2.11. The van der Waals surface area contributed by atoms with Gasteiger partial charge in [0.2, 0.25) is 11.8 Å². The second-order valence-corrected chi connectivity index (χ2v) is 9.51. The quantitative estimate of drug-likeness (QED) is 0.682. The zero-order valence-corrected chi connectivity index (χ0v) is 17.2. The summed E-state index contributed by atoms with van der Waals surface area (Å²) in [5.74, 6) is -0.808. The number of aromatic nitrogens is 2. The number of hydrogen-bond acceptors (Lipinski definition) is 5. The Morgan fingerprint density at radius 3 is 2.52 bits per heavy atom. The molecule has 1 aromatic heterocycles. The van der Waals surface area contributed by atoms with Crippen LogP contribution in [0.1, 0.15) is 37.7 Å². The van der Waals surface area contributed by atoms with Crippen molar-refractivity contribution in [2.45, 2.75) is 56.5 Å². The molecular formula is C20H26N4O4S. The molecule has 29 heavy (non-hydrogen) atoms. The minimum atomic E-state index is -3.52. The van der Waals surface area contributed by atoms with Crippen molar-refractivity contribution in [2.75, 3.05) is 11.1 Å². The summed E-state index contributed by atoms with van der Waals surface area (Å²) in [6.45, 7) is 1.95. The van der Waals surface area contributed by atoms with E-state index < -0.39 is 15.7 Å². The minimum Gasteiger partial charge on any atom is -0.352 e. The van der Waals surface area contributed by atoms with Gasteiger partial charge in [0.15, 0.2) is 9.84 Å². The smallest absolute Gasteiger partial charge is 0.241 e. The average molecular weight is 419 g/mol. The average Bonchev–Trinajstić information content (AvgIpc) is 3.33. The Morgan fingerprint density at radius 1 is 1.14 bits per heavy atom. The summed E-state index contributed by atoms with van der Waals surface area (Å²) in [6, 6.07) is 6.79. The van der Waals surface area contributed by atoms with Crippen LogP contribution in [-0.2, 0) is 26.0 Å². The van der Waals surface area contributed by atoms with Crippen LogP contribution in [-0.4, -0.2) is 41.8 Å². The van der Waals surface area contributed by atoms with E-state index in [4.69, 9.17) is 0 Å². The standard InChI is InChI=1S/C20H26N4O4S/c1-15-6-8-18(9-7-15)29(27,28)11-10-19(25)23-17-12-21-24(13-17)14-20(26)22-16-4-2-3-5-16/h6-9,12-13,16H,2-5,10-11,14H2,1H3,(H,22,26)(H,23,25). The largest absolute Gasteiger partial charge is 0.352 e. The second-order valence-electron chi connectivity index (χ2n) is 7.41. The number of aryl methyl sites for hydroxylation is 1. The van der Waals surface area contributed by atoms with E-state index in [2.05, 4.69) is 15.7 Å². The van der Waals surface area contributed by atoms with E-state index in [1.54, 1.807) is 30.5 Å². The van der Waals surface area contributed by atoms with Crippen LogP contribution in [0.4, 0.5) is 5.69 Å². The van der Waals surface area contributed by atoms with Crippen molar-refractivity contribution >= 4 is 27.3 Å². The van der Waals surface area contributed by atoms with Gasteiger partial charge in [-0.15, -0.1) is 0 Å². The van der Waals surface area contributed by atoms with E-state index >= 15 is 0 Å². The molecule has 0 spiro atoms. The topological polar surface area (TPSA) is 110 Å². The maximum atomic E-state index is 12.3. The summed E-state index contributed by atoms with van der Waals surface area (Å²) in [5.41, 5.74) is 1.40. The highest BCUT2D eigenvalue weighted by Gasteiger charge is 2.18. The highest BCUT2D eigenvalue weighted by atomic mass is 32.2. The number of sulfone groups is 1. The van der Waals surface area contributed by atoms with E-state index in [1.165, 1.54) is 10.9 Å². The lowest BCUT2D eigenvalue weighted by atomic mass is 10.2. The van der Waals surface area contributed by atoms with Gasteiger partial charge in [-0.2, -0.15) is 5.10 Å². The van der Waals surface area contributed by atoms with Crippen LogP contribution in [0.25, 0.3) is 0 Å². The van der Waals surface area contributed by atoms with Gasteiger partial charge in [-0.1, -0.05) is 30.5 Å². The third-order valence-electron chi connectivity index (χ3n) is 4.92. The first-order valence-corrected chi connectivity index (χ1v) is 11.4. The number of carbonyl (C=O) groups is 2. The predicted octanol–water partition coefficient (Wildman–Crippen LogP) is 2.05. The predicted molar refractivity (Wildman–Crippen MR) is 109 cm³/mol. The molecule has 1 heterocycles. The van der Waals surface area contributed by atoms with Crippen molar-refractivity contribution in [3.05, 3.63) is 42.2 Å². The SMILES string of the molecule is Cc1ccc(S(=O)(=O)CCC(=O)Nc2cnn(CC(=O)NC3CCCC3)c2)cc1. The fourth-order valence-electron chi connectivity index (χ4n) is 3.32. The highest BCUT2D eigenvalue weighted by molar-refractivity contribution is 7.91. The third kappa shape index (κ3) is 6.15. The summed E-state index contributed by atoms with van der Waals surface area (Å²) < 4.78 is 26.1. The maximum Gasteiger partial charge on any atom is 0.241 e. The molecule has 1 aromatic carbocycles. The van der Waals surface area contributed by atoms with Crippen LogP contribution in [0.5, 0.6) is 0 Å². The van der Waals surface area contributed by atoms with Crippen LogP contribution < -0.4 is 10.6 Å². The molecule has 0 atom stereocenters. The molecule has 2 aromatic rings. The van der Waals surface area contributed by atoms with Crippen molar-refractivity contribution in [1.82, 2.24) is 15.1 Å². The number of carbonyl (C=O) groups excluding carboxylic acids is 2. The van der Waals surface area contributed by atoms with Crippen LogP contribution >= 0.6 is 0 Å². The van der Waals surface area contributed by atoms with Crippen LogP contribution in [0.2, 0.25) is 0 Å². The normalized spacial score (nSPS) is 14.7. The number of nitrogens with one attached hydrogen (secondary N) is 2. The molecule has 2 amide bonds. The number of rotatable bonds is 8. The Labute approximate surface area is 170 Å². The van der Waals surface area contributed by atoms with Gasteiger partial charge < -0.3 is 10.6 Å². The summed E-state index contributed by atoms with van der Waals surface area (Å²) in [5, 5.41) is 9.67. The summed E-state index contributed by atoms with van der Waals surface area (Å²) in [6.07, 6.45) is 7.14. The third-order valence-corrected chi connectivity index (χ3v) is 6.65. The van der Waals surface area contributed by atoms with Gasteiger partial charge in [-0.05, 0) is 31.9 Å². The number of nitrogens with zero attached hydrogens (tertiary/aromatic N) is 2. The van der Waals surface area contributed by atoms with Gasteiger partial charge >= 0.3 is 0 Å². The molecule has 9 heteroatoms. The summed E-state index contributed by atoms with van der Waals surface area (Å²) in [4.78, 5) is 24.4. The minimum absolute atomic E-state index is 0.0776. The lowest BCUT2D eigenvalue weighted by Crippen LogP contribution is -2.35. The second kappa shape index (κ2) is 9.21. The summed E-state index contributed by atoms with van der Waals surface area (Å²) in [7, 11) is -3.52. The monoisotopic (exact) mass is 418 g/mol. The molecule has 1 aliphatic rings. The summed E-state index contributed by atoms with van der Waals surface area (Å²) >= 11 is 0. The zero-order chi connectivity index (χ0) is 20.9. The molecule has 1 aliphatic carbocycles. The van der Waals surface area contributed by atoms with Crippen LogP contribution in [0, 0.1) is 6.92 Å². The van der Waals surface area contributed by atoms with E-state index in [-0.39, 0.29) is 35.6 Å². The molecule has 156 valence electrons. The maximum absolute atomic E-state index is 12.3. The van der Waals surface area contributed by atoms with Crippen molar-refractivity contribution in [3.63, 3.8) is 0 Å². The first-order chi connectivity index (χ1) is 13.8. The van der Waals surface area contributed by atoms with Crippen molar-refractivity contribution < 1.29 is 18.0 Å². The molecule has 8 nitrogen and oxygen atoms in total.